The quantitative estimate of drug-likeness (QED) is 0.143. The van der Waals surface area contributed by atoms with E-state index < -0.39 is 45.4 Å². The number of rotatable bonds is 8. The van der Waals surface area contributed by atoms with Crippen LogP contribution in [-0.4, -0.2) is 40.7 Å². The molecule has 19 heteroatoms. The summed E-state index contributed by atoms with van der Waals surface area (Å²) >= 11 is 11.7. The molecule has 2 heterocycles. The molecule has 5 N–H and O–H groups in total. The minimum absolute atomic E-state index is 0.00520. The molecular weight excluding hydrogens is 709 g/mol. The highest BCUT2D eigenvalue weighted by atomic mass is 35.5. The van der Waals surface area contributed by atoms with Crippen molar-refractivity contribution in [3.8, 4) is 11.4 Å². The van der Waals surface area contributed by atoms with Gasteiger partial charge in [-0.05, 0) is 84.9 Å². The van der Waals surface area contributed by atoms with E-state index in [1.54, 1.807) is 6.07 Å². The van der Waals surface area contributed by atoms with Crippen molar-refractivity contribution in [3.05, 3.63) is 181 Å². The number of hydrogen-bond donors (Lipinski definition) is 5. The van der Waals surface area contributed by atoms with Crippen molar-refractivity contribution in [2.75, 3.05) is 16.2 Å². The minimum Gasteiger partial charge on any atom is -0.355 e. The number of halogens is 2. The van der Waals surface area contributed by atoms with Crippen LogP contribution >= 0.6 is 23.2 Å². The first-order valence-corrected chi connectivity index (χ1v) is 15.2. The molecule has 6 aromatic rings. The Balaban J connectivity index is 1.18. The zero-order chi connectivity index (χ0) is 36.4. The van der Waals surface area contributed by atoms with E-state index in [9.17, 15) is 38.4 Å². The van der Waals surface area contributed by atoms with Crippen LogP contribution < -0.4 is 49.8 Å². The number of H-pyrrole nitrogens is 2. The SMILES string of the molecule is O=C(Nn1[nH]c(=O)n(-c2ccc(Cl)cc2)c(=O)c1=O)c1ccc(Nc2ccccc2C(=O)Nn2[nH]c(=O)n(-c3ccc(Cl)cc3)c(=O)c2=O)cc1. The topological polar surface area (TPSA) is 224 Å². The van der Waals surface area contributed by atoms with E-state index in [0.29, 0.717) is 34.4 Å². The molecule has 0 fully saturated rings. The largest absolute Gasteiger partial charge is 0.355 e. The number of aromatic amines is 2. The molecule has 256 valence electrons. The third-order valence-corrected chi connectivity index (χ3v) is 7.70. The van der Waals surface area contributed by atoms with E-state index in [1.807, 2.05) is 0 Å². The van der Waals surface area contributed by atoms with Crippen molar-refractivity contribution in [2.24, 2.45) is 0 Å². The Morgan fingerprint density at radius 3 is 1.47 bits per heavy atom. The van der Waals surface area contributed by atoms with E-state index >= 15 is 0 Å². The third kappa shape index (κ3) is 6.95. The van der Waals surface area contributed by atoms with Gasteiger partial charge in [0.2, 0.25) is 0 Å². The Hall–Kier alpha value is -6.98. The smallest absolute Gasteiger partial charge is 0.350 e. The van der Waals surface area contributed by atoms with E-state index in [2.05, 4.69) is 26.4 Å². The van der Waals surface area contributed by atoms with Gasteiger partial charge < -0.3 is 5.32 Å². The van der Waals surface area contributed by atoms with Crippen molar-refractivity contribution >= 4 is 46.4 Å². The number of nitrogens with zero attached hydrogens (tertiary/aromatic N) is 4. The molecule has 2 amide bonds. The summed E-state index contributed by atoms with van der Waals surface area (Å²) in [7, 11) is 0. The van der Waals surface area contributed by atoms with Crippen molar-refractivity contribution in [1.82, 2.24) is 28.9 Å². The highest BCUT2D eigenvalue weighted by Gasteiger charge is 2.18. The van der Waals surface area contributed by atoms with Gasteiger partial charge in [-0.3, -0.25) is 28.8 Å². The summed E-state index contributed by atoms with van der Waals surface area (Å²) in [6.45, 7) is 0. The summed E-state index contributed by atoms with van der Waals surface area (Å²) in [5, 5.41) is 7.97. The average Bonchev–Trinajstić information content (AvgIpc) is 3.11. The van der Waals surface area contributed by atoms with Crippen molar-refractivity contribution in [2.45, 2.75) is 0 Å². The van der Waals surface area contributed by atoms with E-state index in [-0.39, 0.29) is 28.2 Å². The predicted molar refractivity (Wildman–Crippen MR) is 187 cm³/mol. The van der Waals surface area contributed by atoms with Crippen LogP contribution in [0.3, 0.4) is 0 Å². The molecule has 0 aliphatic heterocycles. The number of nitrogens with one attached hydrogen (secondary N) is 5. The molecule has 0 atom stereocenters. The summed E-state index contributed by atoms with van der Waals surface area (Å²) < 4.78 is 1.19. The van der Waals surface area contributed by atoms with Crippen LogP contribution in [0.15, 0.2) is 126 Å². The molecule has 0 radical (unpaired) electrons. The highest BCUT2D eigenvalue weighted by Crippen LogP contribution is 2.21. The van der Waals surface area contributed by atoms with Gasteiger partial charge in [-0.1, -0.05) is 35.3 Å². The fraction of sp³-hybridized carbons (Fsp3) is 0. The Bertz CT molecular complexity index is 2690. The number of para-hydroxylation sites is 1. The maximum absolute atomic E-state index is 13.2. The number of carbonyl (C=O) groups is 2. The van der Waals surface area contributed by atoms with Crippen molar-refractivity contribution < 1.29 is 9.59 Å². The molecule has 0 unspecified atom stereocenters. The maximum Gasteiger partial charge on any atom is 0.350 e. The average molecular weight is 730 g/mol. The van der Waals surface area contributed by atoms with Crippen LogP contribution in [0, 0.1) is 0 Å². The normalized spacial score (nSPS) is 10.8. The standard InChI is InChI=1S/C32H21Cl2N9O8/c33-18-7-13-21(14-8-18)40-27(46)29(48)42(38-31(40)50)36-25(44)17-5-11-20(12-6-17)35-24-4-2-1-3-23(24)26(45)37-43-30(49)28(47)41(32(51)39-43)22-15-9-19(34)10-16-22/h1-16,35H,(H,36,44)(H,37,45)(H,38,50)(H,39,51). The summed E-state index contributed by atoms with van der Waals surface area (Å²) in [5.74, 6) is -1.71. The zero-order valence-corrected chi connectivity index (χ0v) is 27.1. The lowest BCUT2D eigenvalue weighted by atomic mass is 10.1. The molecule has 0 bridgehead atoms. The zero-order valence-electron chi connectivity index (χ0n) is 25.5. The van der Waals surface area contributed by atoms with Gasteiger partial charge in [-0.2, -0.15) is 0 Å². The highest BCUT2D eigenvalue weighted by molar-refractivity contribution is 6.30. The van der Waals surface area contributed by atoms with Crippen LogP contribution in [0.2, 0.25) is 10.0 Å². The lowest BCUT2D eigenvalue weighted by Crippen LogP contribution is -2.52. The Morgan fingerprint density at radius 2 is 0.980 bits per heavy atom. The first-order valence-electron chi connectivity index (χ1n) is 14.5. The molecule has 51 heavy (non-hydrogen) atoms. The van der Waals surface area contributed by atoms with E-state index in [0.717, 1.165) is 0 Å². The van der Waals surface area contributed by atoms with Gasteiger partial charge >= 0.3 is 33.6 Å². The van der Waals surface area contributed by atoms with Crippen LogP contribution in [0.5, 0.6) is 0 Å². The Morgan fingerprint density at radius 1 is 0.529 bits per heavy atom. The monoisotopic (exact) mass is 729 g/mol. The van der Waals surface area contributed by atoms with Gasteiger partial charge in [0.15, 0.2) is 0 Å². The number of aromatic nitrogens is 6. The fourth-order valence-electron chi connectivity index (χ4n) is 4.75. The summed E-state index contributed by atoms with van der Waals surface area (Å²) in [6.07, 6.45) is 0. The Labute approximate surface area is 292 Å². The summed E-state index contributed by atoms with van der Waals surface area (Å²) in [4.78, 5) is 103. The van der Waals surface area contributed by atoms with Crippen LogP contribution in [0.25, 0.3) is 11.4 Å². The molecule has 17 nitrogen and oxygen atoms in total. The number of anilines is 2. The molecule has 4 aromatic carbocycles. The molecule has 6 rings (SSSR count). The van der Waals surface area contributed by atoms with Crippen molar-refractivity contribution in [1.29, 1.82) is 0 Å². The fourth-order valence-corrected chi connectivity index (χ4v) is 5.00. The van der Waals surface area contributed by atoms with E-state index in [1.165, 1.54) is 91.0 Å². The number of amides is 2. The second kappa shape index (κ2) is 13.9. The number of hydrogen-bond acceptors (Lipinski definition) is 9. The van der Waals surface area contributed by atoms with Crippen LogP contribution in [0.4, 0.5) is 11.4 Å². The first-order chi connectivity index (χ1) is 24.4. The van der Waals surface area contributed by atoms with Crippen LogP contribution in [-0.2, 0) is 0 Å². The third-order valence-electron chi connectivity index (χ3n) is 7.19. The second-order valence-electron chi connectivity index (χ2n) is 10.5. The van der Waals surface area contributed by atoms with Gasteiger partial charge in [-0.15, -0.1) is 9.58 Å². The van der Waals surface area contributed by atoms with Crippen LogP contribution in [0.1, 0.15) is 20.7 Å². The molecule has 0 aliphatic rings. The van der Waals surface area contributed by atoms with Gasteiger partial charge in [-0.25, -0.2) is 39.8 Å². The van der Waals surface area contributed by atoms with Crippen molar-refractivity contribution in [3.63, 3.8) is 0 Å². The molecule has 0 saturated heterocycles. The number of carbonyl (C=O) groups excluding carboxylic acids is 2. The molecule has 0 spiro atoms. The van der Waals surface area contributed by atoms with Gasteiger partial charge in [0.05, 0.1) is 22.6 Å². The van der Waals surface area contributed by atoms with Gasteiger partial charge in [0, 0.05) is 21.3 Å². The first kappa shape index (κ1) is 33.9. The molecule has 2 aromatic heterocycles. The molecule has 0 aliphatic carbocycles. The number of benzene rings is 4. The Kier molecular flexibility index (Phi) is 9.22. The molecule has 0 saturated carbocycles. The second-order valence-corrected chi connectivity index (χ2v) is 11.4. The maximum atomic E-state index is 13.2. The molecular formula is C32H21Cl2N9O8. The predicted octanol–water partition coefficient (Wildman–Crippen LogP) is 1.51. The van der Waals surface area contributed by atoms with Gasteiger partial charge in [0.1, 0.15) is 0 Å². The summed E-state index contributed by atoms with van der Waals surface area (Å²) in [5.41, 5.74) is -1.74. The summed E-state index contributed by atoms with van der Waals surface area (Å²) in [6, 6.07) is 23.0. The lowest BCUT2D eigenvalue weighted by molar-refractivity contribution is 0.0996. The van der Waals surface area contributed by atoms with Gasteiger partial charge in [0.25, 0.3) is 11.8 Å². The van der Waals surface area contributed by atoms with E-state index in [4.69, 9.17) is 23.2 Å². The lowest BCUT2D eigenvalue weighted by Gasteiger charge is -2.14. The minimum atomic E-state index is -1.24.